The average molecular weight is 519 g/mol. The minimum Gasteiger partial charge on any atom is -0.495 e. The van der Waals surface area contributed by atoms with Crippen molar-refractivity contribution < 1.29 is 23.1 Å². The van der Waals surface area contributed by atoms with Crippen molar-refractivity contribution in [3.05, 3.63) is 100 Å². The van der Waals surface area contributed by atoms with Crippen molar-refractivity contribution in [1.29, 1.82) is 5.26 Å². The zero-order valence-electron chi connectivity index (χ0n) is 20.0. The Balaban J connectivity index is 1.59. The summed E-state index contributed by atoms with van der Waals surface area (Å²) in [6.07, 6.45) is 1.47. The number of rotatable bonds is 8. The lowest BCUT2D eigenvalue weighted by atomic mass is 9.85. The summed E-state index contributed by atoms with van der Waals surface area (Å²) >= 11 is 1.12. The van der Waals surface area contributed by atoms with Crippen molar-refractivity contribution in [1.82, 2.24) is 5.32 Å². The third kappa shape index (κ3) is 5.85. The van der Waals surface area contributed by atoms with Gasteiger partial charge in [-0.2, -0.15) is 5.26 Å². The molecule has 4 rings (SSSR count). The normalized spacial score (nSPS) is 15.0. The average Bonchev–Trinajstić information content (AvgIpc) is 3.43. The molecule has 0 fully saturated rings. The molecule has 1 aliphatic rings. The second-order valence-corrected chi connectivity index (χ2v) is 8.95. The van der Waals surface area contributed by atoms with E-state index in [1.54, 1.807) is 43.3 Å². The van der Waals surface area contributed by atoms with Gasteiger partial charge in [0, 0.05) is 11.4 Å². The van der Waals surface area contributed by atoms with Crippen LogP contribution >= 0.6 is 11.8 Å². The molecule has 0 radical (unpaired) electrons. The van der Waals surface area contributed by atoms with Crippen LogP contribution in [0.15, 0.2) is 93.2 Å². The summed E-state index contributed by atoms with van der Waals surface area (Å²) < 4.78 is 24.1. The highest BCUT2D eigenvalue weighted by Crippen LogP contribution is 2.41. The quantitative estimate of drug-likeness (QED) is 0.378. The van der Waals surface area contributed by atoms with E-state index in [-0.39, 0.29) is 17.2 Å². The summed E-state index contributed by atoms with van der Waals surface area (Å²) in [5.74, 6) is -1.08. The van der Waals surface area contributed by atoms with E-state index in [1.807, 2.05) is 0 Å². The highest BCUT2D eigenvalue weighted by Gasteiger charge is 2.36. The maximum absolute atomic E-state index is 13.5. The van der Waals surface area contributed by atoms with Crippen LogP contribution < -0.4 is 20.7 Å². The molecule has 1 unspecified atom stereocenters. The SMILES string of the molecule is COc1ccccc1NC(=O)C1=C(C)NC(SCC(=O)Nc2ccc(F)cc2)=C(C#N)C1c1ccco1. The van der Waals surface area contributed by atoms with E-state index < -0.39 is 17.6 Å². The van der Waals surface area contributed by atoms with Gasteiger partial charge in [-0.05, 0) is 55.5 Å². The maximum Gasteiger partial charge on any atom is 0.254 e. The number of methoxy groups -OCH3 is 1. The number of nitriles is 1. The minimum absolute atomic E-state index is 0.0220. The van der Waals surface area contributed by atoms with Crippen LogP contribution in [0.2, 0.25) is 0 Å². The van der Waals surface area contributed by atoms with E-state index >= 15 is 0 Å². The van der Waals surface area contributed by atoms with Gasteiger partial charge in [0.15, 0.2) is 0 Å². The van der Waals surface area contributed by atoms with Gasteiger partial charge in [0.2, 0.25) is 5.91 Å². The molecule has 1 aliphatic heterocycles. The predicted molar refractivity (Wildman–Crippen MR) is 139 cm³/mol. The summed E-state index contributed by atoms with van der Waals surface area (Å²) in [4.78, 5) is 26.0. The molecule has 0 spiro atoms. The van der Waals surface area contributed by atoms with Gasteiger partial charge in [0.25, 0.3) is 5.91 Å². The molecule has 1 aromatic heterocycles. The Morgan fingerprint density at radius 1 is 1.14 bits per heavy atom. The summed E-state index contributed by atoms with van der Waals surface area (Å²) in [5, 5.41) is 19.2. The van der Waals surface area contributed by atoms with E-state index in [0.29, 0.717) is 39.2 Å². The number of nitrogens with one attached hydrogen (secondary N) is 3. The first-order valence-electron chi connectivity index (χ1n) is 11.2. The monoisotopic (exact) mass is 518 g/mol. The third-order valence-corrected chi connectivity index (χ3v) is 6.57. The van der Waals surface area contributed by atoms with Crippen molar-refractivity contribution in [2.75, 3.05) is 23.5 Å². The Hall–Kier alpha value is -4.49. The predicted octanol–water partition coefficient (Wildman–Crippen LogP) is 5.13. The van der Waals surface area contributed by atoms with Crippen LogP contribution in [0.25, 0.3) is 0 Å². The number of para-hydroxylation sites is 2. The molecule has 188 valence electrons. The number of ether oxygens (including phenoxy) is 1. The number of nitrogens with zero attached hydrogens (tertiary/aromatic N) is 1. The van der Waals surface area contributed by atoms with Crippen LogP contribution in [0.5, 0.6) is 5.75 Å². The number of hydrogen-bond acceptors (Lipinski definition) is 7. The van der Waals surface area contributed by atoms with E-state index in [9.17, 15) is 19.2 Å². The van der Waals surface area contributed by atoms with Gasteiger partial charge in [0.1, 0.15) is 17.3 Å². The number of carbonyl (C=O) groups excluding carboxylic acids is 2. The number of thioether (sulfide) groups is 1. The highest BCUT2D eigenvalue weighted by atomic mass is 32.2. The number of amides is 2. The molecule has 3 N–H and O–H groups in total. The van der Waals surface area contributed by atoms with Gasteiger partial charge in [0.05, 0.1) is 53.0 Å². The Morgan fingerprint density at radius 2 is 1.89 bits per heavy atom. The van der Waals surface area contributed by atoms with Gasteiger partial charge >= 0.3 is 0 Å². The molecule has 1 atom stereocenters. The highest BCUT2D eigenvalue weighted by molar-refractivity contribution is 8.03. The summed E-state index contributed by atoms with van der Waals surface area (Å²) in [6, 6.07) is 18.0. The Bertz CT molecular complexity index is 1410. The fourth-order valence-corrected chi connectivity index (χ4v) is 4.76. The number of benzene rings is 2. The zero-order valence-corrected chi connectivity index (χ0v) is 20.8. The summed E-state index contributed by atoms with van der Waals surface area (Å²) in [7, 11) is 1.51. The Morgan fingerprint density at radius 3 is 2.57 bits per heavy atom. The molecular weight excluding hydrogens is 495 g/mol. The lowest BCUT2D eigenvalue weighted by Crippen LogP contribution is -2.31. The second kappa shape index (κ2) is 11.5. The van der Waals surface area contributed by atoms with Gasteiger partial charge in [-0.25, -0.2) is 4.39 Å². The number of halogens is 1. The van der Waals surface area contributed by atoms with Gasteiger partial charge in [-0.3, -0.25) is 9.59 Å². The van der Waals surface area contributed by atoms with E-state index in [4.69, 9.17) is 9.15 Å². The summed E-state index contributed by atoms with van der Waals surface area (Å²) in [6.45, 7) is 1.72. The largest absolute Gasteiger partial charge is 0.495 e. The fourth-order valence-electron chi connectivity index (χ4n) is 3.87. The minimum atomic E-state index is -0.793. The first-order valence-corrected chi connectivity index (χ1v) is 12.2. The molecule has 10 heteroatoms. The first-order chi connectivity index (χ1) is 17.9. The molecule has 8 nitrogen and oxygen atoms in total. The van der Waals surface area contributed by atoms with Crippen LogP contribution in [0.3, 0.4) is 0 Å². The summed E-state index contributed by atoms with van der Waals surface area (Å²) in [5.41, 5.74) is 1.99. The number of hydrogen-bond donors (Lipinski definition) is 3. The standard InChI is InChI=1S/C27H23FN4O4S/c1-16-24(26(34)32-20-6-3-4-7-21(20)35-2)25(22-8-5-13-36-22)19(14-29)27(30-16)37-15-23(33)31-18-11-9-17(28)10-12-18/h3-13,25,30H,15H2,1-2H3,(H,31,33)(H,32,34). The fraction of sp³-hybridized carbons (Fsp3) is 0.148. The molecule has 0 bridgehead atoms. The molecule has 0 saturated carbocycles. The molecule has 0 saturated heterocycles. The number of carbonyl (C=O) groups is 2. The molecule has 3 aromatic rings. The van der Waals surface area contributed by atoms with E-state index in [1.165, 1.54) is 37.6 Å². The zero-order chi connectivity index (χ0) is 26.4. The van der Waals surface area contributed by atoms with Crippen LogP contribution in [0.4, 0.5) is 15.8 Å². The van der Waals surface area contributed by atoms with E-state index in [0.717, 1.165) is 11.8 Å². The molecule has 0 aliphatic carbocycles. The van der Waals surface area contributed by atoms with E-state index in [2.05, 4.69) is 22.0 Å². The van der Waals surface area contributed by atoms with Gasteiger partial charge < -0.3 is 25.1 Å². The number of allylic oxidation sites excluding steroid dienone is 2. The van der Waals surface area contributed by atoms with Crippen molar-refractivity contribution in [3.8, 4) is 11.8 Å². The topological polar surface area (TPSA) is 116 Å². The van der Waals surface area contributed by atoms with Crippen molar-refractivity contribution in [3.63, 3.8) is 0 Å². The Kier molecular flexibility index (Phi) is 7.95. The van der Waals surface area contributed by atoms with Crippen molar-refractivity contribution in [2.24, 2.45) is 0 Å². The smallest absolute Gasteiger partial charge is 0.254 e. The molecule has 2 aromatic carbocycles. The number of anilines is 2. The first kappa shape index (κ1) is 25.6. The molecular formula is C27H23FN4O4S. The lowest BCUT2D eigenvalue weighted by molar-refractivity contribution is -0.114. The van der Waals surface area contributed by atoms with Crippen LogP contribution in [-0.4, -0.2) is 24.7 Å². The lowest BCUT2D eigenvalue weighted by Gasteiger charge is -2.28. The number of dihydropyridines is 1. The molecule has 2 amide bonds. The third-order valence-electron chi connectivity index (χ3n) is 5.55. The van der Waals surface area contributed by atoms with Crippen LogP contribution in [0, 0.1) is 17.1 Å². The van der Waals surface area contributed by atoms with Crippen LogP contribution in [-0.2, 0) is 9.59 Å². The van der Waals surface area contributed by atoms with Crippen molar-refractivity contribution >= 4 is 35.0 Å². The maximum atomic E-state index is 13.5. The van der Waals surface area contributed by atoms with Gasteiger partial charge in [-0.1, -0.05) is 23.9 Å². The van der Waals surface area contributed by atoms with Gasteiger partial charge in [-0.15, -0.1) is 0 Å². The molecule has 2 heterocycles. The van der Waals surface area contributed by atoms with Crippen molar-refractivity contribution in [2.45, 2.75) is 12.8 Å². The number of furan rings is 1. The van der Waals surface area contributed by atoms with Crippen LogP contribution in [0.1, 0.15) is 18.6 Å². The Labute approximate surface area is 217 Å². The second-order valence-electron chi connectivity index (χ2n) is 7.96. The molecule has 37 heavy (non-hydrogen) atoms.